The monoisotopic (exact) mass is 900 g/mol. The van der Waals surface area contributed by atoms with Crippen LogP contribution in [-0.2, 0) is 28.2 Å². The first-order chi connectivity index (χ1) is 30.5. The normalized spacial score (nSPS) is 10.4. The van der Waals surface area contributed by atoms with E-state index in [2.05, 4.69) is 56.1 Å². The Labute approximate surface area is 385 Å². The molecule has 0 aliphatic rings. The molecule has 14 nitrogen and oxygen atoms in total. The minimum atomic E-state index is -0.00583. The molecule has 0 unspecified atom stereocenters. The molecular weight excluding hydrogens is 823 g/mol. The van der Waals surface area contributed by atoms with Crippen LogP contribution in [0.2, 0.25) is 0 Å². The van der Waals surface area contributed by atoms with Gasteiger partial charge in [0.1, 0.15) is 0 Å². The van der Waals surface area contributed by atoms with Gasteiger partial charge in [0.05, 0.1) is 51.0 Å². The van der Waals surface area contributed by atoms with E-state index in [0.29, 0.717) is 6.04 Å². The Bertz CT molecular complexity index is 2480. The van der Waals surface area contributed by atoms with Crippen LogP contribution in [0.1, 0.15) is 135 Å². The number of fused-ring (bicyclic) bond motifs is 4. The first-order valence-corrected chi connectivity index (χ1v) is 23.1. The SMILES string of the molecule is CC.CC.CC.CC.CC(C)n1c(=O)n(C)c2ccncc21.CC(C)n1c(=O)n(C)c2cnccc21.CC(C)n1c(=O)n(C)c2ncccc21.CC(C)n1c(=S)n(C)c2ccccc21. The molecular formula is C49H77N11O3S. The second-order valence-corrected chi connectivity index (χ2v) is 15.2. The fourth-order valence-electron chi connectivity index (χ4n) is 6.93. The Morgan fingerprint density at radius 2 is 0.766 bits per heavy atom. The lowest BCUT2D eigenvalue weighted by atomic mass is 10.3. The third kappa shape index (κ3) is 12.2. The summed E-state index contributed by atoms with van der Waals surface area (Å²) >= 11 is 5.40. The number of nitrogens with zero attached hydrogens (tertiary/aromatic N) is 11. The van der Waals surface area contributed by atoms with Crippen LogP contribution in [-0.4, -0.2) is 51.5 Å². The molecule has 1 aromatic carbocycles. The molecule has 15 heteroatoms. The van der Waals surface area contributed by atoms with Crippen molar-refractivity contribution in [3.05, 3.63) is 116 Å². The van der Waals surface area contributed by atoms with Gasteiger partial charge in [0.25, 0.3) is 0 Å². The molecule has 352 valence electrons. The van der Waals surface area contributed by atoms with Gasteiger partial charge < -0.3 is 9.13 Å². The third-order valence-electron chi connectivity index (χ3n) is 9.68. The Kier molecular flexibility index (Phi) is 23.5. The van der Waals surface area contributed by atoms with E-state index in [1.807, 2.05) is 134 Å². The van der Waals surface area contributed by atoms with Gasteiger partial charge in [-0.05, 0) is 104 Å². The van der Waals surface area contributed by atoms with Crippen LogP contribution in [0.15, 0.2) is 93.9 Å². The summed E-state index contributed by atoms with van der Waals surface area (Å²) in [4.78, 5) is 47.7. The van der Waals surface area contributed by atoms with Crippen LogP contribution in [0.4, 0.5) is 0 Å². The van der Waals surface area contributed by atoms with Gasteiger partial charge in [-0.1, -0.05) is 67.5 Å². The first-order valence-electron chi connectivity index (χ1n) is 22.7. The summed E-state index contributed by atoms with van der Waals surface area (Å²) in [6.07, 6.45) is 8.56. The number of benzene rings is 1. The highest BCUT2D eigenvalue weighted by molar-refractivity contribution is 7.71. The maximum Gasteiger partial charge on any atom is 0.330 e. The van der Waals surface area contributed by atoms with Gasteiger partial charge in [0.15, 0.2) is 10.4 Å². The predicted molar refractivity (Wildman–Crippen MR) is 274 cm³/mol. The van der Waals surface area contributed by atoms with Gasteiger partial charge in [-0.25, -0.2) is 19.4 Å². The van der Waals surface area contributed by atoms with Gasteiger partial charge in [-0.2, -0.15) is 0 Å². The molecule has 0 N–H and O–H groups in total. The van der Waals surface area contributed by atoms with E-state index >= 15 is 0 Å². The van der Waals surface area contributed by atoms with Crippen molar-refractivity contribution in [3.63, 3.8) is 0 Å². The standard InChI is InChI=1S/C11H14N2S.3C10H13N3O.4C2H6/c1-8(2)13-10-7-5-4-6-9(10)12(3)11(13)14;1-7(2)13-8-4-5-11-6-9(8)12(3)10(13)14;1-7(2)13-9-6-11-5-4-8(9)12(3)10(13)14;1-7(2)13-8-5-4-6-11-9(8)12(3)10(13)14;4*1-2/h4-8H,1-3H3;3*4-7H,1-3H3;4*1-2H3. The smallest absolute Gasteiger partial charge is 0.320 e. The molecule has 0 saturated carbocycles. The molecule has 0 atom stereocenters. The van der Waals surface area contributed by atoms with Gasteiger partial charge in [0.2, 0.25) is 0 Å². The average Bonchev–Trinajstić information content (AvgIpc) is 3.93. The van der Waals surface area contributed by atoms with Crippen LogP contribution >= 0.6 is 12.2 Å². The molecule has 0 saturated heterocycles. The summed E-state index contributed by atoms with van der Waals surface area (Å²) in [7, 11) is 7.31. The molecule has 8 rings (SSSR count). The van der Waals surface area contributed by atoms with Crippen molar-refractivity contribution in [1.29, 1.82) is 0 Å². The van der Waals surface area contributed by atoms with Crippen LogP contribution in [0, 0.1) is 4.77 Å². The summed E-state index contributed by atoms with van der Waals surface area (Å²) in [6.45, 7) is 32.3. The lowest BCUT2D eigenvalue weighted by Crippen LogP contribution is -2.23. The second kappa shape index (κ2) is 26.7. The van der Waals surface area contributed by atoms with E-state index in [1.165, 1.54) is 11.0 Å². The van der Waals surface area contributed by atoms with Crippen molar-refractivity contribution in [1.82, 2.24) is 51.5 Å². The van der Waals surface area contributed by atoms with Crippen LogP contribution in [0.3, 0.4) is 0 Å². The zero-order valence-electron chi connectivity index (χ0n) is 42.4. The number of hydrogen-bond donors (Lipinski definition) is 0. The van der Waals surface area contributed by atoms with Crippen molar-refractivity contribution >= 4 is 56.5 Å². The molecule has 0 fully saturated rings. The molecule has 64 heavy (non-hydrogen) atoms. The zero-order chi connectivity index (χ0) is 49.2. The average molecular weight is 900 g/mol. The van der Waals surface area contributed by atoms with Gasteiger partial charge in [-0.3, -0.25) is 37.4 Å². The van der Waals surface area contributed by atoms with E-state index in [-0.39, 0.29) is 35.2 Å². The molecule has 0 bridgehead atoms. The van der Waals surface area contributed by atoms with Crippen molar-refractivity contribution in [2.24, 2.45) is 28.2 Å². The summed E-state index contributed by atoms with van der Waals surface area (Å²) < 4.78 is 15.3. The third-order valence-corrected chi connectivity index (χ3v) is 10.2. The zero-order valence-corrected chi connectivity index (χ0v) is 43.2. The van der Waals surface area contributed by atoms with E-state index in [0.717, 1.165) is 38.0 Å². The topological polar surface area (TPSA) is 129 Å². The van der Waals surface area contributed by atoms with Crippen LogP contribution < -0.4 is 17.1 Å². The summed E-state index contributed by atoms with van der Waals surface area (Å²) in [5.41, 5.74) is 7.74. The maximum atomic E-state index is 11.8. The van der Waals surface area contributed by atoms with E-state index < -0.39 is 0 Å². The highest BCUT2D eigenvalue weighted by Crippen LogP contribution is 2.21. The number of hydrogen-bond acceptors (Lipinski definition) is 7. The highest BCUT2D eigenvalue weighted by atomic mass is 32.1. The minimum absolute atomic E-state index is 0.00583. The fraction of sp³-hybridized carbons (Fsp3) is 0.490. The summed E-state index contributed by atoms with van der Waals surface area (Å²) in [5, 5.41) is 0. The van der Waals surface area contributed by atoms with Gasteiger partial charge >= 0.3 is 17.1 Å². The second-order valence-electron chi connectivity index (χ2n) is 14.8. The Morgan fingerprint density at radius 3 is 1.27 bits per heavy atom. The number of pyridine rings is 3. The molecule has 7 heterocycles. The van der Waals surface area contributed by atoms with Crippen molar-refractivity contribution in [2.45, 2.75) is 135 Å². The van der Waals surface area contributed by atoms with Gasteiger partial charge in [0, 0.05) is 70.9 Å². The summed E-state index contributed by atoms with van der Waals surface area (Å²) in [5.74, 6) is 0. The number of imidazole rings is 4. The quantitative estimate of drug-likeness (QED) is 0.161. The Hall–Kier alpha value is -5.83. The van der Waals surface area contributed by atoms with E-state index in [9.17, 15) is 14.4 Å². The minimum Gasteiger partial charge on any atom is -0.320 e. The maximum absolute atomic E-state index is 11.8. The number of rotatable bonds is 4. The molecule has 8 aromatic rings. The van der Waals surface area contributed by atoms with E-state index in [4.69, 9.17) is 12.2 Å². The van der Waals surface area contributed by atoms with Crippen LogP contribution in [0.25, 0.3) is 44.3 Å². The van der Waals surface area contributed by atoms with Crippen molar-refractivity contribution in [3.8, 4) is 0 Å². The Morgan fingerprint density at radius 1 is 0.406 bits per heavy atom. The van der Waals surface area contributed by atoms with E-state index in [1.54, 1.807) is 79.5 Å². The Balaban J connectivity index is 0.000000405. The van der Waals surface area contributed by atoms with Crippen LogP contribution in [0.5, 0.6) is 0 Å². The van der Waals surface area contributed by atoms with Crippen molar-refractivity contribution < 1.29 is 0 Å². The lowest BCUT2D eigenvalue weighted by Gasteiger charge is -2.07. The lowest BCUT2D eigenvalue weighted by molar-refractivity contribution is 0.582. The molecule has 0 aliphatic carbocycles. The number of aromatic nitrogens is 11. The molecule has 0 aliphatic heterocycles. The molecule has 0 radical (unpaired) electrons. The fourth-order valence-corrected chi connectivity index (χ4v) is 7.34. The highest BCUT2D eigenvalue weighted by Gasteiger charge is 2.15. The predicted octanol–water partition coefficient (Wildman–Crippen LogP) is 11.3. The molecule has 0 spiro atoms. The van der Waals surface area contributed by atoms with Gasteiger partial charge in [-0.15, -0.1) is 0 Å². The number of aryl methyl sites for hydroxylation is 4. The summed E-state index contributed by atoms with van der Waals surface area (Å²) in [6, 6.07) is 16.7. The molecule has 0 amide bonds. The first kappa shape index (κ1) is 56.2. The van der Waals surface area contributed by atoms with Crippen molar-refractivity contribution in [2.75, 3.05) is 0 Å². The molecule has 7 aromatic heterocycles. The number of para-hydroxylation sites is 2. The largest absolute Gasteiger partial charge is 0.330 e.